The van der Waals surface area contributed by atoms with Crippen molar-refractivity contribution in [2.45, 2.75) is 9.79 Å². The van der Waals surface area contributed by atoms with E-state index < -0.39 is 4.92 Å². The van der Waals surface area contributed by atoms with Crippen molar-refractivity contribution >= 4 is 34.7 Å². The molecule has 0 fully saturated rings. The Kier molecular flexibility index (Phi) is 3.74. The molecule has 0 bridgehead atoms. The minimum Gasteiger partial charge on any atom is -0.398 e. The van der Waals surface area contributed by atoms with Gasteiger partial charge in [0.1, 0.15) is 0 Å². The van der Waals surface area contributed by atoms with Crippen molar-refractivity contribution in [1.82, 2.24) is 0 Å². The van der Waals surface area contributed by atoms with E-state index in [0.717, 1.165) is 9.79 Å². The van der Waals surface area contributed by atoms with Crippen LogP contribution in [0.2, 0.25) is 5.02 Å². The van der Waals surface area contributed by atoms with Crippen molar-refractivity contribution in [1.29, 1.82) is 0 Å². The number of non-ortho nitro benzene ring substituents is 1. The van der Waals surface area contributed by atoms with Crippen LogP contribution >= 0.6 is 23.4 Å². The van der Waals surface area contributed by atoms with Crippen LogP contribution in [0.5, 0.6) is 0 Å². The summed E-state index contributed by atoms with van der Waals surface area (Å²) in [5.74, 6) is 0. The topological polar surface area (TPSA) is 69.2 Å². The summed E-state index contributed by atoms with van der Waals surface area (Å²) in [5, 5.41) is 11.4. The SMILES string of the molecule is Nc1cc(Sc2ccc(Cl)cc2)cc([N+](=O)[O-])c1. The Morgan fingerprint density at radius 3 is 2.39 bits per heavy atom. The van der Waals surface area contributed by atoms with E-state index in [9.17, 15) is 10.1 Å². The Balaban J connectivity index is 2.28. The molecule has 0 unspecified atom stereocenters. The molecule has 2 aromatic carbocycles. The van der Waals surface area contributed by atoms with Crippen LogP contribution in [0.25, 0.3) is 0 Å². The molecule has 6 heteroatoms. The van der Waals surface area contributed by atoms with E-state index in [0.29, 0.717) is 10.7 Å². The van der Waals surface area contributed by atoms with Gasteiger partial charge in [-0.3, -0.25) is 10.1 Å². The maximum Gasteiger partial charge on any atom is 0.272 e. The van der Waals surface area contributed by atoms with Crippen LogP contribution in [0.3, 0.4) is 0 Å². The lowest BCUT2D eigenvalue weighted by molar-refractivity contribution is -0.385. The van der Waals surface area contributed by atoms with Crippen LogP contribution in [-0.4, -0.2) is 4.92 Å². The van der Waals surface area contributed by atoms with Crippen molar-refractivity contribution in [2.75, 3.05) is 5.73 Å². The molecule has 4 nitrogen and oxygen atoms in total. The van der Waals surface area contributed by atoms with Gasteiger partial charge in [-0.15, -0.1) is 0 Å². The highest BCUT2D eigenvalue weighted by Crippen LogP contribution is 2.32. The minimum atomic E-state index is -0.456. The molecule has 0 saturated carbocycles. The van der Waals surface area contributed by atoms with Crippen molar-refractivity contribution < 1.29 is 4.92 Å². The van der Waals surface area contributed by atoms with E-state index >= 15 is 0 Å². The summed E-state index contributed by atoms with van der Waals surface area (Å²) in [6, 6.07) is 11.8. The fraction of sp³-hybridized carbons (Fsp3) is 0. The van der Waals surface area contributed by atoms with Crippen molar-refractivity contribution in [2.24, 2.45) is 0 Å². The summed E-state index contributed by atoms with van der Waals surface area (Å²) in [4.78, 5) is 11.9. The molecule has 92 valence electrons. The van der Waals surface area contributed by atoms with Gasteiger partial charge in [-0.1, -0.05) is 23.4 Å². The monoisotopic (exact) mass is 280 g/mol. The predicted octanol–water partition coefficient (Wildman–Crippen LogP) is 3.98. The average molecular weight is 281 g/mol. The highest BCUT2D eigenvalue weighted by molar-refractivity contribution is 7.99. The number of nitrogens with two attached hydrogens (primary N) is 1. The summed E-state index contributed by atoms with van der Waals surface area (Å²) < 4.78 is 0. The van der Waals surface area contributed by atoms with Gasteiger partial charge in [-0.05, 0) is 30.3 Å². The van der Waals surface area contributed by atoms with Crippen LogP contribution in [0.4, 0.5) is 11.4 Å². The Bertz CT molecular complexity index is 587. The molecule has 18 heavy (non-hydrogen) atoms. The fourth-order valence-corrected chi connectivity index (χ4v) is 2.45. The molecular formula is C12H9ClN2O2S. The number of hydrogen-bond donors (Lipinski definition) is 1. The third-order valence-corrected chi connectivity index (χ3v) is 3.41. The Labute approximate surface area is 113 Å². The molecule has 0 saturated heterocycles. The summed E-state index contributed by atoms with van der Waals surface area (Å²) in [7, 11) is 0. The second-order valence-corrected chi connectivity index (χ2v) is 5.16. The zero-order valence-corrected chi connectivity index (χ0v) is 10.7. The number of halogens is 1. The van der Waals surface area contributed by atoms with E-state index in [-0.39, 0.29) is 5.69 Å². The van der Waals surface area contributed by atoms with Crippen LogP contribution in [0.1, 0.15) is 0 Å². The lowest BCUT2D eigenvalue weighted by atomic mass is 10.3. The smallest absolute Gasteiger partial charge is 0.272 e. The van der Waals surface area contributed by atoms with Gasteiger partial charge >= 0.3 is 0 Å². The van der Waals surface area contributed by atoms with Crippen molar-refractivity contribution in [3.63, 3.8) is 0 Å². The van der Waals surface area contributed by atoms with Gasteiger partial charge in [-0.25, -0.2) is 0 Å². The standard InChI is InChI=1S/C12H9ClN2O2S/c13-8-1-3-11(4-2-8)18-12-6-9(14)5-10(7-12)15(16)17/h1-7H,14H2. The van der Waals surface area contributed by atoms with Gasteiger partial charge in [0, 0.05) is 32.6 Å². The summed E-state index contributed by atoms with van der Waals surface area (Å²) in [6.45, 7) is 0. The number of anilines is 1. The molecule has 0 amide bonds. The summed E-state index contributed by atoms with van der Waals surface area (Å²) >= 11 is 7.19. The highest BCUT2D eigenvalue weighted by atomic mass is 35.5. The van der Waals surface area contributed by atoms with Crippen LogP contribution in [-0.2, 0) is 0 Å². The molecule has 0 aliphatic heterocycles. The Hall–Kier alpha value is -1.72. The van der Waals surface area contributed by atoms with Gasteiger partial charge in [0.25, 0.3) is 5.69 Å². The van der Waals surface area contributed by atoms with Gasteiger partial charge in [-0.2, -0.15) is 0 Å². The lowest BCUT2D eigenvalue weighted by Gasteiger charge is -2.03. The number of nitrogen functional groups attached to an aromatic ring is 1. The van der Waals surface area contributed by atoms with Crippen molar-refractivity contribution in [3.8, 4) is 0 Å². The van der Waals surface area contributed by atoms with Crippen LogP contribution in [0.15, 0.2) is 52.3 Å². The molecule has 0 aliphatic carbocycles. The van der Waals surface area contributed by atoms with Crippen LogP contribution < -0.4 is 5.73 Å². The molecule has 0 heterocycles. The predicted molar refractivity (Wildman–Crippen MR) is 73.1 cm³/mol. The van der Waals surface area contributed by atoms with Crippen LogP contribution in [0, 0.1) is 10.1 Å². The maximum absolute atomic E-state index is 10.7. The maximum atomic E-state index is 10.7. The first-order chi connectivity index (χ1) is 8.54. The summed E-state index contributed by atoms with van der Waals surface area (Å²) in [6.07, 6.45) is 0. The molecule has 0 spiro atoms. The molecular weight excluding hydrogens is 272 g/mol. The molecule has 0 radical (unpaired) electrons. The van der Waals surface area contributed by atoms with E-state index in [1.165, 1.54) is 23.9 Å². The van der Waals surface area contributed by atoms with Gasteiger partial charge in [0.2, 0.25) is 0 Å². The number of nitro groups is 1. The number of rotatable bonds is 3. The Morgan fingerprint density at radius 2 is 1.78 bits per heavy atom. The molecule has 0 aromatic heterocycles. The van der Waals surface area contributed by atoms with Gasteiger partial charge in [0.05, 0.1) is 4.92 Å². The zero-order valence-electron chi connectivity index (χ0n) is 9.17. The number of hydrogen-bond acceptors (Lipinski definition) is 4. The quantitative estimate of drug-likeness (QED) is 0.524. The minimum absolute atomic E-state index is 0.00790. The third kappa shape index (κ3) is 3.15. The van der Waals surface area contributed by atoms with E-state index in [1.807, 2.05) is 12.1 Å². The van der Waals surface area contributed by atoms with Crippen molar-refractivity contribution in [3.05, 3.63) is 57.6 Å². The largest absolute Gasteiger partial charge is 0.398 e. The van der Waals surface area contributed by atoms with Gasteiger partial charge in [0.15, 0.2) is 0 Å². The normalized spacial score (nSPS) is 10.3. The molecule has 0 atom stereocenters. The highest BCUT2D eigenvalue weighted by Gasteiger charge is 2.09. The van der Waals surface area contributed by atoms with E-state index in [1.54, 1.807) is 18.2 Å². The first-order valence-corrected chi connectivity index (χ1v) is 6.22. The first-order valence-electron chi connectivity index (χ1n) is 5.03. The Morgan fingerprint density at radius 1 is 1.11 bits per heavy atom. The fourth-order valence-electron chi connectivity index (χ4n) is 1.41. The molecule has 0 aliphatic rings. The van der Waals surface area contributed by atoms with E-state index in [2.05, 4.69) is 0 Å². The molecule has 2 rings (SSSR count). The average Bonchev–Trinajstić information content (AvgIpc) is 2.31. The third-order valence-electron chi connectivity index (χ3n) is 2.17. The second kappa shape index (κ2) is 5.29. The number of nitrogens with zero attached hydrogens (tertiary/aromatic N) is 1. The number of nitro benzene ring substituents is 1. The lowest BCUT2D eigenvalue weighted by Crippen LogP contribution is -1.92. The van der Waals surface area contributed by atoms with E-state index in [4.69, 9.17) is 17.3 Å². The zero-order chi connectivity index (χ0) is 13.1. The van der Waals surface area contributed by atoms with Gasteiger partial charge < -0.3 is 5.73 Å². The molecule has 2 aromatic rings. The molecule has 2 N–H and O–H groups in total. The second-order valence-electron chi connectivity index (χ2n) is 3.57. The summed E-state index contributed by atoms with van der Waals surface area (Å²) in [5.41, 5.74) is 6.00. The first kappa shape index (κ1) is 12.7. The number of benzene rings is 2.